The maximum atomic E-state index is 13.2. The Morgan fingerprint density at radius 1 is 0.889 bits per heavy atom. The van der Waals surface area contributed by atoms with Crippen LogP contribution in [0.4, 0.5) is 5.69 Å². The highest BCUT2D eigenvalue weighted by atomic mass is 16.2. The van der Waals surface area contributed by atoms with Crippen LogP contribution in [-0.4, -0.2) is 51.8 Å². The predicted molar refractivity (Wildman–Crippen MR) is 105 cm³/mol. The number of hydrogen-bond donors (Lipinski definition) is 0. The Morgan fingerprint density at radius 2 is 1.56 bits per heavy atom. The topological polar surface area (TPSA) is 54.3 Å². The van der Waals surface area contributed by atoms with Crippen LogP contribution < -0.4 is 4.90 Å². The van der Waals surface area contributed by atoms with Crippen LogP contribution in [0.1, 0.15) is 21.7 Å². The summed E-state index contributed by atoms with van der Waals surface area (Å²) in [6.07, 6.45) is 3.61. The molecule has 1 saturated heterocycles. The van der Waals surface area contributed by atoms with Gasteiger partial charge in [-0.25, -0.2) is 4.68 Å². The largest absolute Gasteiger partial charge is 0.368 e. The third kappa shape index (κ3) is 3.30. The van der Waals surface area contributed by atoms with E-state index in [1.807, 2.05) is 65.9 Å². The standard InChI is InChI=1S/C21H23N5O/c1-16-20(17(2)26(23-16)19-6-4-3-5-7-19)21(27)25-14-12-24(13-15-25)18-8-10-22-11-9-18/h3-11H,12-15H2,1-2H3. The van der Waals surface area contributed by atoms with Crippen LogP contribution in [0.25, 0.3) is 5.69 Å². The number of carbonyl (C=O) groups excluding carboxylic acids is 1. The Kier molecular flexibility index (Phi) is 4.62. The van der Waals surface area contributed by atoms with E-state index in [1.165, 1.54) is 0 Å². The summed E-state index contributed by atoms with van der Waals surface area (Å²) in [6, 6.07) is 14.0. The van der Waals surface area contributed by atoms with E-state index >= 15 is 0 Å². The predicted octanol–water partition coefficient (Wildman–Crippen LogP) is 2.85. The van der Waals surface area contributed by atoms with Gasteiger partial charge in [0.2, 0.25) is 0 Å². The number of pyridine rings is 1. The van der Waals surface area contributed by atoms with E-state index in [4.69, 9.17) is 0 Å². The fourth-order valence-electron chi connectivity index (χ4n) is 3.65. The maximum Gasteiger partial charge on any atom is 0.257 e. The summed E-state index contributed by atoms with van der Waals surface area (Å²) in [6.45, 7) is 6.93. The molecule has 0 bridgehead atoms. The minimum Gasteiger partial charge on any atom is -0.368 e. The lowest BCUT2D eigenvalue weighted by Gasteiger charge is -2.36. The van der Waals surface area contributed by atoms with Gasteiger partial charge in [-0.3, -0.25) is 9.78 Å². The van der Waals surface area contributed by atoms with Crippen LogP contribution in [0.5, 0.6) is 0 Å². The first-order valence-corrected chi connectivity index (χ1v) is 9.21. The summed E-state index contributed by atoms with van der Waals surface area (Å²) in [5.74, 6) is 0.0709. The average molecular weight is 361 g/mol. The lowest BCUT2D eigenvalue weighted by atomic mass is 10.1. The normalized spacial score (nSPS) is 14.4. The van der Waals surface area contributed by atoms with Gasteiger partial charge in [-0.1, -0.05) is 18.2 Å². The molecule has 6 nitrogen and oxygen atoms in total. The number of hydrogen-bond acceptors (Lipinski definition) is 4. The Balaban J connectivity index is 1.52. The molecule has 1 aliphatic heterocycles. The molecule has 0 aliphatic carbocycles. The second-order valence-electron chi connectivity index (χ2n) is 6.78. The van der Waals surface area contributed by atoms with E-state index in [0.717, 1.165) is 41.4 Å². The molecular weight excluding hydrogens is 338 g/mol. The molecular formula is C21H23N5O. The van der Waals surface area contributed by atoms with Crippen LogP contribution in [0.15, 0.2) is 54.9 Å². The molecule has 0 unspecified atom stereocenters. The highest BCUT2D eigenvalue weighted by Gasteiger charge is 2.27. The summed E-state index contributed by atoms with van der Waals surface area (Å²) in [5, 5.41) is 4.61. The van der Waals surface area contributed by atoms with Gasteiger partial charge in [0.15, 0.2) is 0 Å². The monoisotopic (exact) mass is 361 g/mol. The first-order valence-electron chi connectivity index (χ1n) is 9.21. The van der Waals surface area contributed by atoms with Gasteiger partial charge in [-0.15, -0.1) is 0 Å². The third-order valence-electron chi connectivity index (χ3n) is 5.10. The van der Waals surface area contributed by atoms with Crippen LogP contribution in [0.3, 0.4) is 0 Å². The zero-order valence-electron chi connectivity index (χ0n) is 15.7. The van der Waals surface area contributed by atoms with E-state index in [-0.39, 0.29) is 5.91 Å². The number of aryl methyl sites for hydroxylation is 1. The zero-order chi connectivity index (χ0) is 18.8. The van der Waals surface area contributed by atoms with Gasteiger partial charge in [0.05, 0.1) is 22.6 Å². The summed E-state index contributed by atoms with van der Waals surface area (Å²) < 4.78 is 1.86. The summed E-state index contributed by atoms with van der Waals surface area (Å²) >= 11 is 0. The van der Waals surface area contributed by atoms with E-state index in [0.29, 0.717) is 13.1 Å². The van der Waals surface area contributed by atoms with Gasteiger partial charge in [-0.2, -0.15) is 5.10 Å². The molecule has 138 valence electrons. The average Bonchev–Trinajstić information content (AvgIpc) is 3.03. The zero-order valence-corrected chi connectivity index (χ0v) is 15.7. The van der Waals surface area contributed by atoms with Crippen molar-refractivity contribution in [1.82, 2.24) is 19.7 Å². The third-order valence-corrected chi connectivity index (χ3v) is 5.10. The molecule has 6 heteroatoms. The van der Waals surface area contributed by atoms with Crippen molar-refractivity contribution < 1.29 is 4.79 Å². The molecule has 1 aliphatic rings. The smallest absolute Gasteiger partial charge is 0.257 e. The minimum atomic E-state index is 0.0709. The maximum absolute atomic E-state index is 13.2. The Hall–Kier alpha value is -3.15. The number of carbonyl (C=O) groups is 1. The highest BCUT2D eigenvalue weighted by molar-refractivity contribution is 5.96. The number of anilines is 1. The van der Waals surface area contributed by atoms with Crippen molar-refractivity contribution in [2.45, 2.75) is 13.8 Å². The van der Waals surface area contributed by atoms with Crippen molar-refractivity contribution in [2.75, 3.05) is 31.1 Å². The summed E-state index contributed by atoms with van der Waals surface area (Å²) in [4.78, 5) is 21.5. The number of benzene rings is 1. The Morgan fingerprint density at radius 3 is 2.22 bits per heavy atom. The minimum absolute atomic E-state index is 0.0709. The molecule has 1 amide bonds. The van der Waals surface area contributed by atoms with Crippen LogP contribution in [0, 0.1) is 13.8 Å². The first-order chi connectivity index (χ1) is 13.1. The lowest BCUT2D eigenvalue weighted by molar-refractivity contribution is 0.0745. The molecule has 0 radical (unpaired) electrons. The van der Waals surface area contributed by atoms with Gasteiger partial charge in [0.25, 0.3) is 5.91 Å². The number of para-hydroxylation sites is 1. The van der Waals surface area contributed by atoms with Gasteiger partial charge in [0.1, 0.15) is 0 Å². The van der Waals surface area contributed by atoms with Crippen molar-refractivity contribution in [3.8, 4) is 5.69 Å². The molecule has 0 N–H and O–H groups in total. The number of piperazine rings is 1. The first kappa shape index (κ1) is 17.3. The number of amides is 1. The van der Waals surface area contributed by atoms with E-state index in [9.17, 15) is 4.79 Å². The van der Waals surface area contributed by atoms with Crippen molar-refractivity contribution in [1.29, 1.82) is 0 Å². The quantitative estimate of drug-likeness (QED) is 0.720. The van der Waals surface area contributed by atoms with Crippen molar-refractivity contribution in [2.24, 2.45) is 0 Å². The second kappa shape index (κ2) is 7.23. The van der Waals surface area contributed by atoms with Gasteiger partial charge in [-0.05, 0) is 38.1 Å². The summed E-state index contributed by atoms with van der Waals surface area (Å²) in [7, 11) is 0. The van der Waals surface area contributed by atoms with Crippen molar-refractivity contribution >= 4 is 11.6 Å². The van der Waals surface area contributed by atoms with Crippen LogP contribution >= 0.6 is 0 Å². The Labute approximate surface area is 159 Å². The molecule has 0 atom stereocenters. The molecule has 0 spiro atoms. The van der Waals surface area contributed by atoms with E-state index in [2.05, 4.69) is 15.0 Å². The molecule has 3 aromatic rings. The molecule has 2 aromatic heterocycles. The number of nitrogens with zero attached hydrogens (tertiary/aromatic N) is 5. The molecule has 1 fully saturated rings. The molecule has 0 saturated carbocycles. The van der Waals surface area contributed by atoms with Gasteiger partial charge < -0.3 is 9.80 Å². The highest BCUT2D eigenvalue weighted by Crippen LogP contribution is 2.21. The molecule has 27 heavy (non-hydrogen) atoms. The van der Waals surface area contributed by atoms with Gasteiger partial charge >= 0.3 is 0 Å². The van der Waals surface area contributed by atoms with Crippen LogP contribution in [0.2, 0.25) is 0 Å². The van der Waals surface area contributed by atoms with Gasteiger partial charge in [0, 0.05) is 44.3 Å². The summed E-state index contributed by atoms with van der Waals surface area (Å²) in [5.41, 5.74) is 4.51. The number of aromatic nitrogens is 3. The molecule has 3 heterocycles. The van der Waals surface area contributed by atoms with E-state index < -0.39 is 0 Å². The second-order valence-corrected chi connectivity index (χ2v) is 6.78. The van der Waals surface area contributed by atoms with Crippen molar-refractivity contribution in [3.63, 3.8) is 0 Å². The fourth-order valence-corrected chi connectivity index (χ4v) is 3.65. The van der Waals surface area contributed by atoms with Crippen LogP contribution in [-0.2, 0) is 0 Å². The van der Waals surface area contributed by atoms with Crippen molar-refractivity contribution in [3.05, 3.63) is 71.8 Å². The molecule has 1 aromatic carbocycles. The Bertz CT molecular complexity index is 928. The number of rotatable bonds is 3. The lowest BCUT2D eigenvalue weighted by Crippen LogP contribution is -2.49. The fraction of sp³-hybridized carbons (Fsp3) is 0.286. The van der Waals surface area contributed by atoms with E-state index in [1.54, 1.807) is 12.4 Å². The SMILES string of the molecule is Cc1nn(-c2ccccc2)c(C)c1C(=O)N1CCN(c2ccncc2)CC1. The molecule has 4 rings (SSSR count).